The van der Waals surface area contributed by atoms with Gasteiger partial charge in [0.1, 0.15) is 12.1 Å². The summed E-state index contributed by atoms with van der Waals surface area (Å²) in [6, 6.07) is 12.9. The van der Waals surface area contributed by atoms with Gasteiger partial charge in [-0.15, -0.1) is 0 Å². The fourth-order valence-electron chi connectivity index (χ4n) is 3.50. The van der Waals surface area contributed by atoms with Crippen molar-refractivity contribution in [2.24, 2.45) is 0 Å². The van der Waals surface area contributed by atoms with Crippen LogP contribution in [0, 0.1) is 6.92 Å². The number of aromatic nitrogens is 4. The first-order chi connectivity index (χ1) is 14.3. The quantitative estimate of drug-likeness (QED) is 0.514. The summed E-state index contributed by atoms with van der Waals surface area (Å²) in [4.78, 5) is 8.86. The Morgan fingerprint density at radius 1 is 1.07 bits per heavy atom. The molecule has 0 spiro atoms. The van der Waals surface area contributed by atoms with Gasteiger partial charge in [-0.3, -0.25) is 0 Å². The standard InChI is InChI=1S/C22H23N5O2S/c1-14(2)21-19(12-25-27(21)20-8-6-5-7-15(20)3)26-22-17-11-16(30(4,28)29)9-10-18(17)23-13-24-22/h5-14H,1-4H3,(H,23,24,26). The first kappa shape index (κ1) is 20.0. The highest BCUT2D eigenvalue weighted by Gasteiger charge is 2.18. The molecule has 4 aromatic rings. The Balaban J connectivity index is 1.84. The monoisotopic (exact) mass is 421 g/mol. The minimum atomic E-state index is -3.34. The van der Waals surface area contributed by atoms with E-state index in [1.807, 2.05) is 22.9 Å². The summed E-state index contributed by atoms with van der Waals surface area (Å²) in [6.45, 7) is 6.27. The number of nitrogens with one attached hydrogen (secondary N) is 1. The summed E-state index contributed by atoms with van der Waals surface area (Å²) in [5.74, 6) is 0.728. The Labute approximate surface area is 175 Å². The molecule has 0 amide bonds. The Morgan fingerprint density at radius 3 is 2.53 bits per heavy atom. The van der Waals surface area contributed by atoms with Crippen molar-refractivity contribution in [1.82, 2.24) is 19.7 Å². The molecule has 0 unspecified atom stereocenters. The van der Waals surface area contributed by atoms with Crippen molar-refractivity contribution in [3.05, 3.63) is 66.2 Å². The van der Waals surface area contributed by atoms with Crippen LogP contribution in [-0.4, -0.2) is 34.4 Å². The summed E-state index contributed by atoms with van der Waals surface area (Å²) < 4.78 is 26.0. The van der Waals surface area contributed by atoms with Crippen LogP contribution in [0.5, 0.6) is 0 Å². The van der Waals surface area contributed by atoms with Crippen molar-refractivity contribution in [2.45, 2.75) is 31.6 Å². The van der Waals surface area contributed by atoms with Gasteiger partial charge < -0.3 is 5.32 Å². The third-order valence-electron chi connectivity index (χ3n) is 4.98. The van der Waals surface area contributed by atoms with Crippen molar-refractivity contribution in [3.8, 4) is 5.69 Å². The second-order valence-corrected chi connectivity index (χ2v) is 9.61. The number of anilines is 2. The van der Waals surface area contributed by atoms with Gasteiger partial charge in [0.05, 0.1) is 33.7 Å². The molecule has 2 aromatic heterocycles. The summed E-state index contributed by atoms with van der Waals surface area (Å²) >= 11 is 0. The SMILES string of the molecule is Cc1ccccc1-n1ncc(Nc2ncnc3ccc(S(C)(=O)=O)cc23)c1C(C)C. The maximum Gasteiger partial charge on any atom is 0.175 e. The molecule has 154 valence electrons. The van der Waals surface area contributed by atoms with Gasteiger partial charge in [0, 0.05) is 11.6 Å². The van der Waals surface area contributed by atoms with Crippen LogP contribution in [0.25, 0.3) is 16.6 Å². The molecule has 0 radical (unpaired) electrons. The number of para-hydroxylation sites is 1. The number of fused-ring (bicyclic) bond motifs is 1. The van der Waals surface area contributed by atoms with E-state index in [0.717, 1.165) is 22.6 Å². The molecule has 30 heavy (non-hydrogen) atoms. The molecule has 2 aromatic carbocycles. The molecule has 0 fully saturated rings. The smallest absolute Gasteiger partial charge is 0.175 e. The predicted molar refractivity (Wildman–Crippen MR) is 118 cm³/mol. The van der Waals surface area contributed by atoms with E-state index < -0.39 is 9.84 Å². The zero-order valence-electron chi connectivity index (χ0n) is 17.3. The lowest BCUT2D eigenvalue weighted by Gasteiger charge is -2.15. The van der Waals surface area contributed by atoms with Crippen LogP contribution in [0.1, 0.15) is 31.0 Å². The third-order valence-corrected chi connectivity index (χ3v) is 6.10. The number of hydrogen-bond donors (Lipinski definition) is 1. The van der Waals surface area contributed by atoms with E-state index in [0.29, 0.717) is 16.7 Å². The molecule has 4 rings (SSSR count). The minimum Gasteiger partial charge on any atom is -0.337 e. The highest BCUT2D eigenvalue weighted by atomic mass is 32.2. The second kappa shape index (κ2) is 7.53. The maximum absolute atomic E-state index is 12.0. The van der Waals surface area contributed by atoms with Gasteiger partial charge in [0.25, 0.3) is 0 Å². The van der Waals surface area contributed by atoms with Crippen molar-refractivity contribution in [3.63, 3.8) is 0 Å². The van der Waals surface area contributed by atoms with Crippen LogP contribution in [0.2, 0.25) is 0 Å². The molecule has 0 aliphatic heterocycles. The topological polar surface area (TPSA) is 89.8 Å². The average Bonchev–Trinajstić information content (AvgIpc) is 3.11. The van der Waals surface area contributed by atoms with Crippen molar-refractivity contribution in [1.29, 1.82) is 0 Å². The maximum atomic E-state index is 12.0. The normalized spacial score (nSPS) is 11.9. The molecular formula is C22H23N5O2S. The first-order valence-electron chi connectivity index (χ1n) is 9.61. The zero-order chi connectivity index (χ0) is 21.5. The number of hydrogen-bond acceptors (Lipinski definition) is 6. The summed E-state index contributed by atoms with van der Waals surface area (Å²) in [5, 5.41) is 8.61. The number of aryl methyl sites for hydroxylation is 1. The molecule has 0 aliphatic carbocycles. The molecule has 1 N–H and O–H groups in total. The van der Waals surface area contributed by atoms with Gasteiger partial charge >= 0.3 is 0 Å². The molecule has 7 nitrogen and oxygen atoms in total. The lowest BCUT2D eigenvalue weighted by atomic mass is 10.1. The summed E-state index contributed by atoms with van der Waals surface area (Å²) in [5.41, 5.74) is 4.63. The first-order valence-corrected chi connectivity index (χ1v) is 11.5. The van der Waals surface area contributed by atoms with E-state index in [-0.39, 0.29) is 10.8 Å². The molecule has 8 heteroatoms. The second-order valence-electron chi connectivity index (χ2n) is 7.59. The number of nitrogens with zero attached hydrogens (tertiary/aromatic N) is 4. The van der Waals surface area contributed by atoms with Gasteiger partial charge in [-0.1, -0.05) is 32.0 Å². The molecule has 2 heterocycles. The van der Waals surface area contributed by atoms with Gasteiger partial charge in [0.2, 0.25) is 0 Å². The summed E-state index contributed by atoms with van der Waals surface area (Å²) in [7, 11) is -3.34. The van der Waals surface area contributed by atoms with E-state index in [9.17, 15) is 8.42 Å². The van der Waals surface area contributed by atoms with Crippen LogP contribution in [-0.2, 0) is 9.84 Å². The van der Waals surface area contributed by atoms with E-state index in [1.165, 1.54) is 12.6 Å². The molecule has 0 saturated carbocycles. The van der Waals surface area contributed by atoms with Crippen molar-refractivity contribution < 1.29 is 8.42 Å². The van der Waals surface area contributed by atoms with Crippen LogP contribution in [0.3, 0.4) is 0 Å². The Hall–Kier alpha value is -3.26. The van der Waals surface area contributed by atoms with E-state index in [2.05, 4.69) is 47.2 Å². The number of sulfone groups is 1. The van der Waals surface area contributed by atoms with E-state index >= 15 is 0 Å². The lowest BCUT2D eigenvalue weighted by molar-refractivity contribution is 0.602. The van der Waals surface area contributed by atoms with Crippen molar-refractivity contribution >= 4 is 32.2 Å². The highest BCUT2D eigenvalue weighted by Crippen LogP contribution is 2.32. The zero-order valence-corrected chi connectivity index (χ0v) is 18.1. The van der Waals surface area contributed by atoms with Gasteiger partial charge in [-0.05, 0) is 42.7 Å². The Bertz CT molecular complexity index is 1340. The minimum absolute atomic E-state index is 0.189. The third kappa shape index (κ3) is 3.66. The van der Waals surface area contributed by atoms with Gasteiger partial charge in [0.15, 0.2) is 9.84 Å². The van der Waals surface area contributed by atoms with E-state index in [1.54, 1.807) is 24.4 Å². The fourth-order valence-corrected chi connectivity index (χ4v) is 4.14. The van der Waals surface area contributed by atoms with Crippen LogP contribution >= 0.6 is 0 Å². The number of benzene rings is 2. The highest BCUT2D eigenvalue weighted by molar-refractivity contribution is 7.90. The molecular weight excluding hydrogens is 398 g/mol. The molecule has 0 saturated heterocycles. The molecule has 0 aliphatic rings. The molecule has 0 bridgehead atoms. The fraction of sp³-hybridized carbons (Fsp3) is 0.227. The average molecular weight is 422 g/mol. The number of rotatable bonds is 5. The Morgan fingerprint density at radius 2 is 1.83 bits per heavy atom. The van der Waals surface area contributed by atoms with E-state index in [4.69, 9.17) is 0 Å². The van der Waals surface area contributed by atoms with Gasteiger partial charge in [-0.25, -0.2) is 23.1 Å². The summed E-state index contributed by atoms with van der Waals surface area (Å²) in [6.07, 6.45) is 4.43. The van der Waals surface area contributed by atoms with Crippen molar-refractivity contribution in [2.75, 3.05) is 11.6 Å². The van der Waals surface area contributed by atoms with Gasteiger partial charge in [-0.2, -0.15) is 5.10 Å². The van der Waals surface area contributed by atoms with Crippen LogP contribution in [0.15, 0.2) is 59.9 Å². The molecule has 0 atom stereocenters. The lowest BCUT2D eigenvalue weighted by Crippen LogP contribution is -2.07. The van der Waals surface area contributed by atoms with Crippen LogP contribution < -0.4 is 5.32 Å². The van der Waals surface area contributed by atoms with Crippen LogP contribution in [0.4, 0.5) is 11.5 Å². The predicted octanol–water partition coefficient (Wildman–Crippen LogP) is 4.39. The largest absolute Gasteiger partial charge is 0.337 e. The Kier molecular flexibility index (Phi) is 5.03.